The van der Waals surface area contributed by atoms with Crippen molar-refractivity contribution in [3.63, 3.8) is 0 Å². The van der Waals surface area contributed by atoms with E-state index in [1.807, 2.05) is 40.7 Å². The Morgan fingerprint density at radius 2 is 2.00 bits per heavy atom. The summed E-state index contributed by atoms with van der Waals surface area (Å²) in [7, 11) is 0. The molecule has 2 N–H and O–H groups in total. The lowest BCUT2D eigenvalue weighted by Crippen LogP contribution is -2.51. The molecule has 0 saturated heterocycles. The smallest absolute Gasteiger partial charge is 0.237 e. The van der Waals surface area contributed by atoms with Crippen LogP contribution in [0, 0.1) is 5.82 Å². The molecule has 0 aliphatic rings. The molecular weight excluding hydrogens is 255 g/mol. The van der Waals surface area contributed by atoms with Crippen molar-refractivity contribution in [2.45, 2.75) is 58.7 Å². The second kappa shape index (κ2) is 6.84. The van der Waals surface area contributed by atoms with E-state index in [1.54, 1.807) is 6.07 Å². The molecule has 0 radical (unpaired) electrons. The zero-order valence-electron chi connectivity index (χ0n) is 13.0. The summed E-state index contributed by atoms with van der Waals surface area (Å²) in [6.45, 7) is 9.76. The van der Waals surface area contributed by atoms with Crippen LogP contribution in [-0.2, 0) is 4.79 Å². The molecule has 0 aliphatic heterocycles. The van der Waals surface area contributed by atoms with Crippen LogP contribution in [0.5, 0.6) is 0 Å². The molecule has 1 aromatic rings. The Labute approximate surface area is 121 Å². The van der Waals surface area contributed by atoms with Gasteiger partial charge in [0.25, 0.3) is 0 Å². The van der Waals surface area contributed by atoms with Crippen LogP contribution in [0.1, 0.15) is 52.6 Å². The molecule has 3 nitrogen and oxygen atoms in total. The summed E-state index contributed by atoms with van der Waals surface area (Å²) in [5, 5.41) is 6.19. The summed E-state index contributed by atoms with van der Waals surface area (Å²) >= 11 is 0. The fourth-order valence-electron chi connectivity index (χ4n) is 1.85. The minimum Gasteiger partial charge on any atom is -0.350 e. The van der Waals surface area contributed by atoms with Crippen LogP contribution in [-0.4, -0.2) is 17.5 Å². The predicted molar refractivity (Wildman–Crippen MR) is 79.9 cm³/mol. The van der Waals surface area contributed by atoms with Gasteiger partial charge in [-0.1, -0.05) is 19.1 Å². The lowest BCUT2D eigenvalue weighted by Gasteiger charge is -2.28. The fourth-order valence-corrected chi connectivity index (χ4v) is 1.85. The van der Waals surface area contributed by atoms with Gasteiger partial charge in [-0.05, 0) is 51.8 Å². The molecule has 0 aliphatic carbocycles. The summed E-state index contributed by atoms with van der Waals surface area (Å²) in [5.74, 6) is -0.305. The Morgan fingerprint density at radius 3 is 2.55 bits per heavy atom. The van der Waals surface area contributed by atoms with Gasteiger partial charge in [-0.2, -0.15) is 0 Å². The summed E-state index contributed by atoms with van der Waals surface area (Å²) in [4.78, 5) is 12.1. The van der Waals surface area contributed by atoms with Gasteiger partial charge < -0.3 is 5.32 Å². The number of amides is 1. The first-order valence-electron chi connectivity index (χ1n) is 7.08. The van der Waals surface area contributed by atoms with Gasteiger partial charge in [0.1, 0.15) is 5.82 Å². The largest absolute Gasteiger partial charge is 0.350 e. The van der Waals surface area contributed by atoms with Gasteiger partial charge in [-0.25, -0.2) is 4.39 Å². The first-order valence-corrected chi connectivity index (χ1v) is 7.08. The van der Waals surface area contributed by atoms with E-state index < -0.39 is 0 Å². The second-order valence-electron chi connectivity index (χ2n) is 5.89. The van der Waals surface area contributed by atoms with Crippen LogP contribution in [0.15, 0.2) is 24.3 Å². The molecule has 0 saturated carbocycles. The van der Waals surface area contributed by atoms with Gasteiger partial charge >= 0.3 is 0 Å². The van der Waals surface area contributed by atoms with E-state index in [9.17, 15) is 9.18 Å². The summed E-state index contributed by atoms with van der Waals surface area (Å²) in [6, 6.07) is 6.00. The summed E-state index contributed by atoms with van der Waals surface area (Å²) in [5.41, 5.74) is 0.620. The van der Waals surface area contributed by atoms with Crippen molar-refractivity contribution in [2.24, 2.45) is 0 Å². The minimum absolute atomic E-state index is 0.0416. The minimum atomic E-state index is -0.334. The number of hydrogen-bond acceptors (Lipinski definition) is 2. The molecule has 1 rings (SSSR count). The molecule has 0 fully saturated rings. The average Bonchev–Trinajstić information content (AvgIpc) is 2.38. The van der Waals surface area contributed by atoms with Crippen molar-refractivity contribution < 1.29 is 9.18 Å². The number of benzene rings is 1. The van der Waals surface area contributed by atoms with Crippen LogP contribution >= 0.6 is 0 Å². The highest BCUT2D eigenvalue weighted by Crippen LogP contribution is 2.14. The molecule has 0 heterocycles. The third-order valence-corrected chi connectivity index (χ3v) is 3.59. The standard InChI is InChI=1S/C16H25FN2O/c1-6-16(4,5)19-15(20)12(3)18-11(2)13-8-7-9-14(17)10-13/h7-12,18H,6H2,1-5H3,(H,19,20). The quantitative estimate of drug-likeness (QED) is 0.840. The maximum Gasteiger partial charge on any atom is 0.237 e. The Bertz CT molecular complexity index is 460. The summed E-state index contributed by atoms with van der Waals surface area (Å²) in [6.07, 6.45) is 0.866. The molecule has 1 aromatic carbocycles. The van der Waals surface area contributed by atoms with Crippen molar-refractivity contribution in [3.05, 3.63) is 35.6 Å². The lowest BCUT2D eigenvalue weighted by molar-refractivity contribution is -0.124. The van der Waals surface area contributed by atoms with E-state index in [0.29, 0.717) is 0 Å². The van der Waals surface area contributed by atoms with Crippen molar-refractivity contribution in [1.29, 1.82) is 0 Å². The Balaban J connectivity index is 2.61. The van der Waals surface area contributed by atoms with Crippen molar-refractivity contribution >= 4 is 5.91 Å². The van der Waals surface area contributed by atoms with Gasteiger partial charge in [-0.3, -0.25) is 10.1 Å². The first-order chi connectivity index (χ1) is 9.25. The van der Waals surface area contributed by atoms with E-state index in [-0.39, 0.29) is 29.3 Å². The van der Waals surface area contributed by atoms with E-state index >= 15 is 0 Å². The van der Waals surface area contributed by atoms with Gasteiger partial charge in [-0.15, -0.1) is 0 Å². The van der Waals surface area contributed by atoms with Crippen LogP contribution in [0.3, 0.4) is 0 Å². The summed E-state index contributed by atoms with van der Waals surface area (Å²) < 4.78 is 13.2. The maximum absolute atomic E-state index is 13.2. The Hall–Kier alpha value is -1.42. The molecule has 0 aromatic heterocycles. The third kappa shape index (κ3) is 4.93. The van der Waals surface area contributed by atoms with Crippen LogP contribution < -0.4 is 10.6 Å². The maximum atomic E-state index is 13.2. The monoisotopic (exact) mass is 280 g/mol. The molecule has 112 valence electrons. The zero-order valence-corrected chi connectivity index (χ0v) is 13.0. The van der Waals surface area contributed by atoms with Crippen molar-refractivity contribution in [2.75, 3.05) is 0 Å². The Kier molecular flexibility index (Phi) is 5.69. The molecule has 20 heavy (non-hydrogen) atoms. The van der Waals surface area contributed by atoms with Gasteiger partial charge in [0.2, 0.25) is 5.91 Å². The SMILES string of the molecule is CCC(C)(C)NC(=O)C(C)NC(C)c1cccc(F)c1. The fraction of sp³-hybridized carbons (Fsp3) is 0.562. The lowest BCUT2D eigenvalue weighted by atomic mass is 10.0. The number of rotatable bonds is 6. The number of carbonyl (C=O) groups is 1. The van der Waals surface area contributed by atoms with Crippen LogP contribution in [0.4, 0.5) is 4.39 Å². The molecule has 0 bridgehead atoms. The second-order valence-corrected chi connectivity index (χ2v) is 5.89. The van der Waals surface area contributed by atoms with E-state index in [0.717, 1.165) is 12.0 Å². The first kappa shape index (κ1) is 16.6. The highest BCUT2D eigenvalue weighted by atomic mass is 19.1. The van der Waals surface area contributed by atoms with Crippen molar-refractivity contribution in [1.82, 2.24) is 10.6 Å². The van der Waals surface area contributed by atoms with Crippen LogP contribution in [0.2, 0.25) is 0 Å². The van der Waals surface area contributed by atoms with Gasteiger partial charge in [0, 0.05) is 11.6 Å². The van der Waals surface area contributed by atoms with Crippen LogP contribution in [0.25, 0.3) is 0 Å². The molecule has 0 spiro atoms. The van der Waals surface area contributed by atoms with Gasteiger partial charge in [0.15, 0.2) is 0 Å². The average molecular weight is 280 g/mol. The topological polar surface area (TPSA) is 41.1 Å². The van der Waals surface area contributed by atoms with E-state index in [2.05, 4.69) is 10.6 Å². The van der Waals surface area contributed by atoms with E-state index in [1.165, 1.54) is 12.1 Å². The zero-order chi connectivity index (χ0) is 15.3. The highest BCUT2D eigenvalue weighted by Gasteiger charge is 2.22. The third-order valence-electron chi connectivity index (χ3n) is 3.59. The van der Waals surface area contributed by atoms with Crippen molar-refractivity contribution in [3.8, 4) is 0 Å². The predicted octanol–water partition coefficient (Wildman–Crippen LogP) is 3.17. The number of carbonyl (C=O) groups excluding carboxylic acids is 1. The molecular formula is C16H25FN2O. The molecule has 2 unspecified atom stereocenters. The normalized spacial score (nSPS) is 14.7. The number of hydrogen-bond donors (Lipinski definition) is 2. The Morgan fingerprint density at radius 1 is 1.35 bits per heavy atom. The number of nitrogens with one attached hydrogen (secondary N) is 2. The molecule has 1 amide bonds. The number of halogens is 1. The molecule has 4 heteroatoms. The van der Waals surface area contributed by atoms with Gasteiger partial charge in [0.05, 0.1) is 6.04 Å². The molecule has 2 atom stereocenters. The van der Waals surface area contributed by atoms with E-state index in [4.69, 9.17) is 0 Å². The highest BCUT2D eigenvalue weighted by molar-refractivity contribution is 5.82.